The van der Waals surface area contributed by atoms with E-state index in [0.717, 1.165) is 0 Å². The number of rotatable bonds is 9. The molecule has 27 heavy (non-hydrogen) atoms. The highest BCUT2D eigenvalue weighted by Crippen LogP contribution is 2.24. The molecule has 6 heteroatoms. The maximum atomic E-state index is 12.0. The number of phenolic OH excluding ortho intramolecular Hbond substituents is 1. The van der Waals surface area contributed by atoms with Crippen molar-refractivity contribution in [3.8, 4) is 5.75 Å². The van der Waals surface area contributed by atoms with Crippen molar-refractivity contribution in [2.75, 3.05) is 17.7 Å². The van der Waals surface area contributed by atoms with Crippen LogP contribution in [0.3, 0.4) is 0 Å². The standard InChI is InChI=1S/C21H26N2O4/c1-2-27-19(21(26)15-11-13-16(24)14-12-15)9-5-6-10-20(25)23-18-8-4-3-7-17(18)22/h3-4,6-8,10-14,19,21,24,26H,2,5,9,22H2,1H3,(H,23,25)/b10-6+/t19-,21-/m0/s1. The summed E-state index contributed by atoms with van der Waals surface area (Å²) in [7, 11) is 0. The van der Waals surface area contributed by atoms with Gasteiger partial charge < -0.3 is 26.0 Å². The third-order valence-electron chi connectivity index (χ3n) is 4.07. The average Bonchev–Trinajstić information content (AvgIpc) is 2.66. The molecule has 0 bridgehead atoms. The van der Waals surface area contributed by atoms with E-state index < -0.39 is 12.2 Å². The van der Waals surface area contributed by atoms with E-state index in [-0.39, 0.29) is 11.7 Å². The van der Waals surface area contributed by atoms with Crippen LogP contribution in [0.5, 0.6) is 5.75 Å². The number of hydrogen-bond acceptors (Lipinski definition) is 5. The van der Waals surface area contributed by atoms with E-state index in [0.29, 0.717) is 36.4 Å². The second-order valence-corrected chi connectivity index (χ2v) is 6.09. The summed E-state index contributed by atoms with van der Waals surface area (Å²) >= 11 is 0. The Morgan fingerprint density at radius 3 is 2.59 bits per heavy atom. The number of aromatic hydroxyl groups is 1. The van der Waals surface area contributed by atoms with Gasteiger partial charge in [0, 0.05) is 6.61 Å². The number of nitrogens with one attached hydrogen (secondary N) is 1. The first kappa shape index (κ1) is 20.5. The number of para-hydroxylation sites is 2. The number of anilines is 2. The number of carbonyl (C=O) groups is 1. The lowest BCUT2D eigenvalue weighted by atomic mass is 10.0. The first-order chi connectivity index (χ1) is 13.0. The van der Waals surface area contributed by atoms with Gasteiger partial charge in [0.15, 0.2) is 0 Å². The number of hydrogen-bond donors (Lipinski definition) is 4. The molecule has 0 spiro atoms. The third-order valence-corrected chi connectivity index (χ3v) is 4.07. The van der Waals surface area contributed by atoms with Crippen LogP contribution in [0.1, 0.15) is 31.4 Å². The van der Waals surface area contributed by atoms with E-state index in [1.165, 1.54) is 18.2 Å². The zero-order chi connectivity index (χ0) is 19.6. The summed E-state index contributed by atoms with van der Waals surface area (Å²) in [6.07, 6.45) is 3.09. The van der Waals surface area contributed by atoms with Crippen molar-refractivity contribution in [3.05, 3.63) is 66.2 Å². The summed E-state index contributed by atoms with van der Waals surface area (Å²) in [5, 5.41) is 22.6. The van der Waals surface area contributed by atoms with Gasteiger partial charge in [0.25, 0.3) is 0 Å². The number of amides is 1. The molecule has 5 N–H and O–H groups in total. The number of phenols is 1. The molecule has 144 valence electrons. The third kappa shape index (κ3) is 6.44. The minimum atomic E-state index is -0.808. The number of nitrogen functional groups attached to an aromatic ring is 1. The molecule has 0 aliphatic carbocycles. The largest absolute Gasteiger partial charge is 0.508 e. The Labute approximate surface area is 159 Å². The molecule has 2 rings (SSSR count). The van der Waals surface area contributed by atoms with Crippen molar-refractivity contribution in [1.82, 2.24) is 0 Å². The van der Waals surface area contributed by atoms with Crippen LogP contribution in [0.15, 0.2) is 60.7 Å². The quantitative estimate of drug-likeness (QED) is 0.400. The Hall–Kier alpha value is -2.83. The molecule has 0 heterocycles. The Bertz CT molecular complexity index is 759. The molecule has 0 fully saturated rings. The minimum Gasteiger partial charge on any atom is -0.508 e. The lowest BCUT2D eigenvalue weighted by Crippen LogP contribution is -2.22. The highest BCUT2D eigenvalue weighted by atomic mass is 16.5. The SMILES string of the molecule is CCO[C@@H](CC/C=C/C(=O)Nc1ccccc1N)[C@@H](O)c1ccc(O)cc1. The Morgan fingerprint density at radius 1 is 1.22 bits per heavy atom. The van der Waals surface area contributed by atoms with Gasteiger partial charge in [-0.05, 0) is 55.7 Å². The molecule has 6 nitrogen and oxygen atoms in total. The van der Waals surface area contributed by atoms with Gasteiger partial charge in [0.2, 0.25) is 5.91 Å². The van der Waals surface area contributed by atoms with Crippen LogP contribution in [-0.4, -0.2) is 28.8 Å². The molecule has 0 radical (unpaired) electrons. The van der Waals surface area contributed by atoms with Crippen LogP contribution < -0.4 is 11.1 Å². The van der Waals surface area contributed by atoms with Gasteiger partial charge in [-0.1, -0.05) is 30.3 Å². The first-order valence-electron chi connectivity index (χ1n) is 8.92. The van der Waals surface area contributed by atoms with Crippen molar-refractivity contribution >= 4 is 17.3 Å². The minimum absolute atomic E-state index is 0.145. The van der Waals surface area contributed by atoms with E-state index in [2.05, 4.69) is 5.32 Å². The van der Waals surface area contributed by atoms with Crippen molar-refractivity contribution in [3.63, 3.8) is 0 Å². The number of allylic oxidation sites excluding steroid dienone is 1. The molecular weight excluding hydrogens is 344 g/mol. The van der Waals surface area contributed by atoms with Gasteiger partial charge in [-0.3, -0.25) is 4.79 Å². The average molecular weight is 370 g/mol. The number of aliphatic hydroxyl groups is 1. The Morgan fingerprint density at radius 2 is 1.93 bits per heavy atom. The maximum Gasteiger partial charge on any atom is 0.248 e. The lowest BCUT2D eigenvalue weighted by Gasteiger charge is -2.22. The van der Waals surface area contributed by atoms with Crippen molar-refractivity contribution < 1.29 is 19.7 Å². The smallest absolute Gasteiger partial charge is 0.248 e. The monoisotopic (exact) mass is 370 g/mol. The number of ether oxygens (including phenoxy) is 1. The fraction of sp³-hybridized carbons (Fsp3) is 0.286. The Balaban J connectivity index is 1.87. The van der Waals surface area contributed by atoms with Crippen LogP contribution in [0.4, 0.5) is 11.4 Å². The Kier molecular flexibility index (Phi) is 7.85. The van der Waals surface area contributed by atoms with Crippen LogP contribution in [0, 0.1) is 0 Å². The highest BCUT2D eigenvalue weighted by Gasteiger charge is 2.20. The molecule has 0 aliphatic rings. The summed E-state index contributed by atoms with van der Waals surface area (Å²) in [6, 6.07) is 13.4. The molecule has 2 aromatic carbocycles. The van der Waals surface area contributed by atoms with Gasteiger partial charge in [-0.15, -0.1) is 0 Å². The first-order valence-corrected chi connectivity index (χ1v) is 8.92. The predicted molar refractivity (Wildman–Crippen MR) is 106 cm³/mol. The van der Waals surface area contributed by atoms with Crippen LogP contribution >= 0.6 is 0 Å². The number of carbonyl (C=O) groups excluding carboxylic acids is 1. The van der Waals surface area contributed by atoms with Gasteiger partial charge in [0.05, 0.1) is 17.5 Å². The topological polar surface area (TPSA) is 105 Å². The van der Waals surface area contributed by atoms with Crippen LogP contribution in [0.25, 0.3) is 0 Å². The molecule has 0 saturated carbocycles. The highest BCUT2D eigenvalue weighted by molar-refractivity contribution is 6.01. The van der Waals surface area contributed by atoms with Gasteiger partial charge in [0.1, 0.15) is 11.9 Å². The van der Waals surface area contributed by atoms with E-state index in [1.807, 2.05) is 6.92 Å². The summed E-state index contributed by atoms with van der Waals surface area (Å²) in [4.78, 5) is 12.0. The molecular formula is C21H26N2O4. The van der Waals surface area contributed by atoms with Gasteiger partial charge in [-0.25, -0.2) is 0 Å². The van der Waals surface area contributed by atoms with Gasteiger partial charge in [-0.2, -0.15) is 0 Å². The van der Waals surface area contributed by atoms with Crippen molar-refractivity contribution in [2.45, 2.75) is 32.0 Å². The van der Waals surface area contributed by atoms with Crippen molar-refractivity contribution in [2.24, 2.45) is 0 Å². The zero-order valence-electron chi connectivity index (χ0n) is 15.3. The van der Waals surface area contributed by atoms with Crippen molar-refractivity contribution in [1.29, 1.82) is 0 Å². The zero-order valence-corrected chi connectivity index (χ0v) is 15.3. The molecule has 0 unspecified atom stereocenters. The normalized spacial score (nSPS) is 13.4. The van der Waals surface area contributed by atoms with Crippen LogP contribution in [0.2, 0.25) is 0 Å². The molecule has 2 atom stereocenters. The fourth-order valence-electron chi connectivity index (χ4n) is 2.67. The number of benzene rings is 2. The molecule has 2 aromatic rings. The summed E-state index contributed by atoms with van der Waals surface area (Å²) in [5.41, 5.74) is 7.55. The van der Waals surface area contributed by atoms with Crippen LogP contribution in [-0.2, 0) is 9.53 Å². The summed E-state index contributed by atoms with van der Waals surface area (Å²) < 4.78 is 5.64. The molecule has 0 aromatic heterocycles. The predicted octanol–water partition coefficient (Wildman–Crippen LogP) is 3.39. The molecule has 1 amide bonds. The van der Waals surface area contributed by atoms with E-state index in [4.69, 9.17) is 10.5 Å². The van der Waals surface area contributed by atoms with E-state index in [9.17, 15) is 15.0 Å². The fourth-order valence-corrected chi connectivity index (χ4v) is 2.67. The molecule has 0 saturated heterocycles. The lowest BCUT2D eigenvalue weighted by molar-refractivity contribution is -0.111. The number of nitrogens with two attached hydrogens (primary N) is 1. The maximum absolute atomic E-state index is 12.0. The summed E-state index contributed by atoms with van der Waals surface area (Å²) in [5.74, 6) is -0.119. The van der Waals surface area contributed by atoms with E-state index in [1.54, 1.807) is 42.5 Å². The second kappa shape index (κ2) is 10.4. The van der Waals surface area contributed by atoms with Gasteiger partial charge >= 0.3 is 0 Å². The summed E-state index contributed by atoms with van der Waals surface area (Å²) in [6.45, 7) is 2.33. The van der Waals surface area contributed by atoms with E-state index >= 15 is 0 Å². The second-order valence-electron chi connectivity index (χ2n) is 6.09. The molecule has 0 aliphatic heterocycles. The number of aliphatic hydroxyl groups excluding tert-OH is 1.